The van der Waals surface area contributed by atoms with Gasteiger partial charge in [0, 0.05) is 18.4 Å². The Morgan fingerprint density at radius 2 is 2.18 bits per heavy atom. The number of benzene rings is 1. The number of ether oxygens (including phenoxy) is 1. The second-order valence-corrected chi connectivity index (χ2v) is 5.75. The molecule has 1 heterocycles. The van der Waals surface area contributed by atoms with E-state index in [4.69, 9.17) is 10.5 Å². The molecule has 1 aliphatic heterocycles. The fourth-order valence-corrected chi connectivity index (χ4v) is 3.11. The summed E-state index contributed by atoms with van der Waals surface area (Å²) >= 11 is 0. The van der Waals surface area contributed by atoms with E-state index < -0.39 is 11.7 Å². The third kappa shape index (κ3) is 2.27. The molecule has 4 nitrogen and oxygen atoms in total. The van der Waals surface area contributed by atoms with Gasteiger partial charge in [0.05, 0.1) is 5.92 Å². The van der Waals surface area contributed by atoms with Crippen molar-refractivity contribution in [2.75, 3.05) is 0 Å². The van der Waals surface area contributed by atoms with E-state index in [2.05, 4.69) is 0 Å². The van der Waals surface area contributed by atoms with Crippen LogP contribution in [0.15, 0.2) is 47.1 Å². The number of rotatable bonds is 1. The Morgan fingerprint density at radius 1 is 1.41 bits per heavy atom. The first-order chi connectivity index (χ1) is 10.5. The lowest BCUT2D eigenvalue weighted by Crippen LogP contribution is -2.29. The summed E-state index contributed by atoms with van der Waals surface area (Å²) < 4.78 is 19.1. The maximum atomic E-state index is 13.6. The molecule has 0 fully saturated rings. The molecule has 112 valence electrons. The number of ketones is 1. The van der Waals surface area contributed by atoms with Gasteiger partial charge in [-0.3, -0.25) is 4.79 Å². The molecular formula is C17H15FN2O2. The molecule has 0 amide bonds. The van der Waals surface area contributed by atoms with E-state index in [9.17, 15) is 14.4 Å². The normalized spacial score (nSPS) is 24.7. The van der Waals surface area contributed by atoms with E-state index in [0.29, 0.717) is 29.7 Å². The van der Waals surface area contributed by atoms with Crippen molar-refractivity contribution in [3.05, 3.63) is 58.4 Å². The first kappa shape index (κ1) is 14.3. The summed E-state index contributed by atoms with van der Waals surface area (Å²) in [6, 6.07) is 7.91. The van der Waals surface area contributed by atoms with Crippen LogP contribution in [0.25, 0.3) is 0 Å². The zero-order valence-corrected chi connectivity index (χ0v) is 12.1. The van der Waals surface area contributed by atoms with Gasteiger partial charge in [0.2, 0.25) is 5.88 Å². The molecule has 0 unspecified atom stereocenters. The number of nitriles is 1. The fourth-order valence-electron chi connectivity index (χ4n) is 3.11. The molecule has 0 radical (unpaired) electrons. The molecule has 0 saturated carbocycles. The summed E-state index contributed by atoms with van der Waals surface area (Å²) in [6.45, 7) is 1.96. The van der Waals surface area contributed by atoms with Crippen LogP contribution in [0.1, 0.15) is 31.2 Å². The van der Waals surface area contributed by atoms with Crippen molar-refractivity contribution in [2.24, 2.45) is 11.7 Å². The van der Waals surface area contributed by atoms with Gasteiger partial charge in [-0.15, -0.1) is 0 Å². The molecule has 0 aromatic heterocycles. The first-order valence-electron chi connectivity index (χ1n) is 7.10. The van der Waals surface area contributed by atoms with Crippen LogP contribution in [-0.2, 0) is 9.53 Å². The van der Waals surface area contributed by atoms with E-state index in [1.165, 1.54) is 12.1 Å². The Kier molecular flexibility index (Phi) is 3.45. The molecule has 1 aromatic rings. The van der Waals surface area contributed by atoms with E-state index in [0.717, 1.165) is 0 Å². The van der Waals surface area contributed by atoms with Crippen LogP contribution < -0.4 is 5.73 Å². The van der Waals surface area contributed by atoms with Crippen LogP contribution in [0, 0.1) is 23.1 Å². The van der Waals surface area contributed by atoms with Crippen LogP contribution >= 0.6 is 0 Å². The average molecular weight is 298 g/mol. The first-order valence-corrected chi connectivity index (χ1v) is 7.10. The van der Waals surface area contributed by atoms with Crippen LogP contribution in [0.4, 0.5) is 4.39 Å². The predicted octanol–water partition coefficient (Wildman–Crippen LogP) is 2.89. The molecule has 1 aliphatic carbocycles. The zero-order valence-electron chi connectivity index (χ0n) is 12.1. The quantitative estimate of drug-likeness (QED) is 0.865. The second-order valence-electron chi connectivity index (χ2n) is 5.75. The van der Waals surface area contributed by atoms with Gasteiger partial charge >= 0.3 is 0 Å². The van der Waals surface area contributed by atoms with Gasteiger partial charge < -0.3 is 10.5 Å². The minimum atomic E-state index is -0.649. The second kappa shape index (κ2) is 5.30. The van der Waals surface area contributed by atoms with E-state index >= 15 is 0 Å². The van der Waals surface area contributed by atoms with Crippen molar-refractivity contribution in [1.82, 2.24) is 0 Å². The third-order valence-corrected chi connectivity index (χ3v) is 4.05. The molecule has 1 aromatic carbocycles. The smallest absolute Gasteiger partial charge is 0.205 e. The fraction of sp³-hybridized carbons (Fsp3) is 0.294. The number of hydrogen-bond acceptors (Lipinski definition) is 4. The highest BCUT2D eigenvalue weighted by Crippen LogP contribution is 2.44. The molecule has 3 rings (SSSR count). The molecule has 2 aliphatic rings. The highest BCUT2D eigenvalue weighted by Gasteiger charge is 2.39. The van der Waals surface area contributed by atoms with Crippen LogP contribution in [0.2, 0.25) is 0 Å². The van der Waals surface area contributed by atoms with Crippen molar-refractivity contribution >= 4 is 5.78 Å². The number of nitrogens with two attached hydrogens (primary N) is 1. The number of halogens is 1. The number of allylic oxidation sites excluding steroid dienone is 3. The number of Topliss-reactive ketones (excluding diaryl/α,β-unsaturated/α-hetero) is 1. The standard InChI is InChI=1S/C17H15FN2O2/c1-9-5-13(21)16-14(6-9)22-17(20)12(8-19)15(16)10-3-2-4-11(18)7-10/h2-4,7,9,15H,5-6,20H2,1H3/t9-,15+/m1/s1. The molecule has 0 saturated heterocycles. The lowest BCUT2D eigenvalue weighted by molar-refractivity contribution is -0.117. The largest absolute Gasteiger partial charge is 0.444 e. The maximum Gasteiger partial charge on any atom is 0.205 e. The number of carbonyl (C=O) groups excluding carboxylic acids is 1. The van der Waals surface area contributed by atoms with E-state index in [1.54, 1.807) is 12.1 Å². The van der Waals surface area contributed by atoms with Crippen molar-refractivity contribution in [3.63, 3.8) is 0 Å². The van der Waals surface area contributed by atoms with Crippen molar-refractivity contribution in [1.29, 1.82) is 5.26 Å². The highest BCUT2D eigenvalue weighted by molar-refractivity contribution is 5.99. The van der Waals surface area contributed by atoms with Crippen LogP contribution in [0.3, 0.4) is 0 Å². The van der Waals surface area contributed by atoms with E-state index in [-0.39, 0.29) is 23.2 Å². The van der Waals surface area contributed by atoms with Gasteiger partial charge in [-0.2, -0.15) is 5.26 Å². The summed E-state index contributed by atoms with van der Waals surface area (Å²) in [5, 5.41) is 9.40. The predicted molar refractivity (Wildman–Crippen MR) is 77.5 cm³/mol. The molecule has 2 N–H and O–H groups in total. The van der Waals surface area contributed by atoms with Gasteiger partial charge in [-0.05, 0) is 23.6 Å². The Balaban J connectivity index is 2.19. The molecule has 0 bridgehead atoms. The minimum Gasteiger partial charge on any atom is -0.444 e. The van der Waals surface area contributed by atoms with Gasteiger partial charge in [-0.1, -0.05) is 19.1 Å². The Morgan fingerprint density at radius 3 is 2.86 bits per heavy atom. The third-order valence-electron chi connectivity index (χ3n) is 4.05. The maximum absolute atomic E-state index is 13.6. The van der Waals surface area contributed by atoms with Crippen molar-refractivity contribution in [3.8, 4) is 6.07 Å². The lowest BCUT2D eigenvalue weighted by atomic mass is 9.75. The molecular weight excluding hydrogens is 283 g/mol. The van der Waals surface area contributed by atoms with Crippen LogP contribution in [-0.4, -0.2) is 5.78 Å². The Bertz CT molecular complexity index is 758. The monoisotopic (exact) mass is 298 g/mol. The van der Waals surface area contributed by atoms with Crippen molar-refractivity contribution < 1.29 is 13.9 Å². The van der Waals surface area contributed by atoms with Gasteiger partial charge in [0.1, 0.15) is 23.2 Å². The van der Waals surface area contributed by atoms with Gasteiger partial charge in [0.25, 0.3) is 0 Å². The molecule has 0 spiro atoms. The minimum absolute atomic E-state index is 0.00240. The van der Waals surface area contributed by atoms with Crippen molar-refractivity contribution in [2.45, 2.75) is 25.7 Å². The average Bonchev–Trinajstić information content (AvgIpc) is 2.45. The summed E-state index contributed by atoms with van der Waals surface area (Å²) in [5.74, 6) is -0.464. The lowest BCUT2D eigenvalue weighted by Gasteiger charge is -2.32. The highest BCUT2D eigenvalue weighted by atomic mass is 19.1. The summed E-state index contributed by atoms with van der Waals surface area (Å²) in [6.07, 6.45) is 0.985. The Labute approximate surface area is 127 Å². The summed E-state index contributed by atoms with van der Waals surface area (Å²) in [7, 11) is 0. The number of nitrogens with zero attached hydrogens (tertiary/aromatic N) is 1. The number of carbonyl (C=O) groups is 1. The van der Waals surface area contributed by atoms with Gasteiger partial charge in [0.15, 0.2) is 5.78 Å². The molecule has 2 atom stereocenters. The molecule has 5 heteroatoms. The summed E-state index contributed by atoms with van der Waals surface area (Å²) in [4.78, 5) is 12.5. The van der Waals surface area contributed by atoms with Gasteiger partial charge in [-0.25, -0.2) is 4.39 Å². The number of hydrogen-bond donors (Lipinski definition) is 1. The molecule has 22 heavy (non-hydrogen) atoms. The summed E-state index contributed by atoms with van der Waals surface area (Å²) in [5.41, 5.74) is 6.99. The Hall–Kier alpha value is -2.61. The van der Waals surface area contributed by atoms with Crippen LogP contribution in [0.5, 0.6) is 0 Å². The SMILES string of the molecule is C[C@@H]1CC(=O)C2=C(C1)OC(N)=C(C#N)[C@@H]2c1cccc(F)c1. The topological polar surface area (TPSA) is 76.1 Å². The zero-order chi connectivity index (χ0) is 15.9. The van der Waals surface area contributed by atoms with E-state index in [1.807, 2.05) is 13.0 Å².